The van der Waals surface area contributed by atoms with Gasteiger partial charge in [-0.1, -0.05) is 35.9 Å². The van der Waals surface area contributed by atoms with Gasteiger partial charge in [0.25, 0.3) is 11.5 Å². The third-order valence-electron chi connectivity index (χ3n) is 5.49. The molecule has 2 amide bonds. The fraction of sp³-hybridized carbons (Fsp3) is 0.217. The van der Waals surface area contributed by atoms with Crippen molar-refractivity contribution < 1.29 is 9.59 Å². The Morgan fingerprint density at radius 2 is 1.75 bits per heavy atom. The molecule has 8 nitrogen and oxygen atoms in total. The number of aryl methyl sites for hydroxylation is 1. The number of aromatic nitrogens is 2. The second-order valence-corrected chi connectivity index (χ2v) is 7.98. The Bertz CT molecular complexity index is 1310. The molecule has 0 fully saturated rings. The molecule has 2 heterocycles. The molecule has 0 saturated heterocycles. The molecule has 3 aromatic rings. The predicted octanol–water partition coefficient (Wildman–Crippen LogP) is 3.57. The number of halogens is 1. The molecule has 164 valence electrons. The minimum atomic E-state index is -0.522. The van der Waals surface area contributed by atoms with E-state index in [9.17, 15) is 14.4 Å². The first-order valence-electron chi connectivity index (χ1n) is 10.1. The maximum atomic E-state index is 13.0. The third kappa shape index (κ3) is 3.85. The molecule has 0 atom stereocenters. The van der Waals surface area contributed by atoms with Gasteiger partial charge in [-0.25, -0.2) is 9.69 Å². The Kier molecular flexibility index (Phi) is 5.71. The average molecular weight is 452 g/mol. The van der Waals surface area contributed by atoms with Crippen LogP contribution in [0.1, 0.15) is 24.1 Å². The van der Waals surface area contributed by atoms with E-state index < -0.39 is 5.91 Å². The van der Waals surface area contributed by atoms with Crippen LogP contribution in [0.4, 0.5) is 11.4 Å². The van der Waals surface area contributed by atoms with Crippen molar-refractivity contribution in [2.24, 2.45) is 12.1 Å². The molecule has 1 aliphatic rings. The van der Waals surface area contributed by atoms with E-state index in [0.717, 1.165) is 5.56 Å². The molecule has 2 aromatic carbocycles. The summed E-state index contributed by atoms with van der Waals surface area (Å²) < 4.78 is 3.16. The molecule has 0 aliphatic carbocycles. The van der Waals surface area contributed by atoms with Gasteiger partial charge in [0.05, 0.1) is 17.1 Å². The summed E-state index contributed by atoms with van der Waals surface area (Å²) in [4.78, 5) is 38.4. The number of nitrogens with one attached hydrogen (secondary N) is 1. The zero-order valence-corrected chi connectivity index (χ0v) is 18.7. The smallest absolute Gasteiger partial charge is 0.295 e. The quantitative estimate of drug-likeness (QED) is 0.657. The van der Waals surface area contributed by atoms with Crippen LogP contribution in [0.15, 0.2) is 58.4 Å². The lowest BCUT2D eigenvalue weighted by atomic mass is 10.1. The number of nitrogens with zero attached hydrogens (tertiary/aromatic N) is 4. The van der Waals surface area contributed by atoms with Gasteiger partial charge in [-0.2, -0.15) is 5.10 Å². The number of anilines is 2. The standard InChI is InChI=1S/C23H22ClN5O3/c1-14-9-10-17(13-18(14)24)28-20(30)12-11-19(26-28)22(31)25-21-15(2)27(3)29(23(21)32)16-7-5-4-6-8-16/h4-10,13H,11-12H2,1-3H3,(H,25,31). The SMILES string of the molecule is Cc1ccc(N2N=C(C(=O)Nc3c(C)n(C)n(-c4ccccc4)c3=O)CCC2=O)cc1Cl. The predicted molar refractivity (Wildman–Crippen MR) is 125 cm³/mol. The van der Waals surface area contributed by atoms with Gasteiger partial charge in [-0.05, 0) is 43.7 Å². The van der Waals surface area contributed by atoms with Crippen molar-refractivity contribution in [2.45, 2.75) is 26.7 Å². The van der Waals surface area contributed by atoms with Crippen LogP contribution in [0.2, 0.25) is 5.02 Å². The summed E-state index contributed by atoms with van der Waals surface area (Å²) in [5.41, 5.74) is 2.63. The van der Waals surface area contributed by atoms with Crippen LogP contribution in [-0.2, 0) is 16.6 Å². The van der Waals surface area contributed by atoms with Gasteiger partial charge in [0.2, 0.25) is 5.91 Å². The highest BCUT2D eigenvalue weighted by Crippen LogP contribution is 2.26. The van der Waals surface area contributed by atoms with Crippen molar-refractivity contribution in [3.05, 3.63) is 75.2 Å². The van der Waals surface area contributed by atoms with Crippen molar-refractivity contribution in [2.75, 3.05) is 10.3 Å². The number of hydrazone groups is 1. The van der Waals surface area contributed by atoms with E-state index in [-0.39, 0.29) is 35.7 Å². The van der Waals surface area contributed by atoms with Gasteiger partial charge < -0.3 is 5.32 Å². The summed E-state index contributed by atoms with van der Waals surface area (Å²) in [5, 5.41) is 8.65. The molecular weight excluding hydrogens is 430 g/mol. The number of para-hydroxylation sites is 1. The van der Waals surface area contributed by atoms with Gasteiger partial charge >= 0.3 is 0 Å². The van der Waals surface area contributed by atoms with Gasteiger partial charge in [-0.15, -0.1) is 0 Å². The minimum Gasteiger partial charge on any atom is -0.315 e. The summed E-state index contributed by atoms with van der Waals surface area (Å²) >= 11 is 6.18. The number of hydrogen-bond acceptors (Lipinski definition) is 4. The maximum absolute atomic E-state index is 13.0. The highest BCUT2D eigenvalue weighted by molar-refractivity contribution is 6.44. The number of rotatable bonds is 4. The van der Waals surface area contributed by atoms with Gasteiger partial charge in [-0.3, -0.25) is 19.1 Å². The molecule has 1 N–H and O–H groups in total. The Labute approximate surface area is 189 Å². The minimum absolute atomic E-state index is 0.125. The summed E-state index contributed by atoms with van der Waals surface area (Å²) in [6, 6.07) is 14.3. The zero-order valence-electron chi connectivity index (χ0n) is 17.9. The van der Waals surface area contributed by atoms with E-state index in [1.807, 2.05) is 37.3 Å². The molecule has 1 aromatic heterocycles. The summed E-state index contributed by atoms with van der Waals surface area (Å²) in [6.07, 6.45) is 0.305. The highest BCUT2D eigenvalue weighted by Gasteiger charge is 2.27. The Balaban J connectivity index is 1.65. The summed E-state index contributed by atoms with van der Waals surface area (Å²) in [6.45, 7) is 3.61. The molecule has 9 heteroatoms. The van der Waals surface area contributed by atoms with Crippen LogP contribution in [0.5, 0.6) is 0 Å². The lowest BCUT2D eigenvalue weighted by Crippen LogP contribution is -2.37. The zero-order chi connectivity index (χ0) is 23.0. The molecule has 0 spiro atoms. The van der Waals surface area contributed by atoms with Crippen LogP contribution in [0, 0.1) is 13.8 Å². The number of carbonyl (C=O) groups excluding carboxylic acids is 2. The van der Waals surface area contributed by atoms with Crippen molar-refractivity contribution in [3.8, 4) is 5.69 Å². The Morgan fingerprint density at radius 3 is 2.44 bits per heavy atom. The summed E-state index contributed by atoms with van der Waals surface area (Å²) in [5.74, 6) is -0.754. The lowest BCUT2D eigenvalue weighted by molar-refractivity contribution is -0.118. The first-order valence-corrected chi connectivity index (χ1v) is 10.5. The van der Waals surface area contributed by atoms with Crippen molar-refractivity contribution >= 4 is 40.5 Å². The Hall–Kier alpha value is -3.65. The van der Waals surface area contributed by atoms with E-state index in [4.69, 9.17) is 11.6 Å². The second kappa shape index (κ2) is 8.47. The van der Waals surface area contributed by atoms with Gasteiger partial charge in [0.15, 0.2) is 0 Å². The average Bonchev–Trinajstić information content (AvgIpc) is 2.99. The maximum Gasteiger partial charge on any atom is 0.295 e. The number of hydrogen-bond donors (Lipinski definition) is 1. The summed E-state index contributed by atoms with van der Waals surface area (Å²) in [7, 11) is 1.75. The largest absolute Gasteiger partial charge is 0.315 e. The van der Waals surface area contributed by atoms with E-state index in [0.29, 0.717) is 22.1 Å². The molecule has 0 saturated carbocycles. The van der Waals surface area contributed by atoms with Crippen molar-refractivity contribution in [1.82, 2.24) is 9.36 Å². The number of carbonyl (C=O) groups is 2. The van der Waals surface area contributed by atoms with E-state index >= 15 is 0 Å². The molecular formula is C23H22ClN5O3. The van der Waals surface area contributed by atoms with Crippen LogP contribution in [0.3, 0.4) is 0 Å². The molecule has 0 radical (unpaired) electrons. The van der Waals surface area contributed by atoms with E-state index in [2.05, 4.69) is 10.4 Å². The molecule has 4 rings (SSSR count). The molecule has 32 heavy (non-hydrogen) atoms. The topological polar surface area (TPSA) is 88.7 Å². The van der Waals surface area contributed by atoms with Crippen LogP contribution < -0.4 is 15.9 Å². The first kappa shape index (κ1) is 21.6. The highest BCUT2D eigenvalue weighted by atomic mass is 35.5. The van der Waals surface area contributed by atoms with E-state index in [1.165, 1.54) is 9.69 Å². The number of benzene rings is 2. The fourth-order valence-electron chi connectivity index (χ4n) is 3.53. The van der Waals surface area contributed by atoms with Crippen LogP contribution in [0.25, 0.3) is 5.69 Å². The third-order valence-corrected chi connectivity index (χ3v) is 5.89. The molecule has 0 unspecified atom stereocenters. The molecule has 0 bridgehead atoms. The number of amides is 2. The van der Waals surface area contributed by atoms with Crippen molar-refractivity contribution in [1.29, 1.82) is 0 Å². The fourth-order valence-corrected chi connectivity index (χ4v) is 3.70. The van der Waals surface area contributed by atoms with Crippen LogP contribution >= 0.6 is 11.6 Å². The second-order valence-electron chi connectivity index (χ2n) is 7.58. The van der Waals surface area contributed by atoms with E-state index in [1.54, 1.807) is 36.9 Å². The lowest BCUT2D eigenvalue weighted by Gasteiger charge is -2.23. The monoisotopic (exact) mass is 451 g/mol. The van der Waals surface area contributed by atoms with Crippen LogP contribution in [-0.4, -0.2) is 26.9 Å². The van der Waals surface area contributed by atoms with Gasteiger partial charge in [0, 0.05) is 24.9 Å². The molecule has 1 aliphatic heterocycles. The van der Waals surface area contributed by atoms with Gasteiger partial charge in [0.1, 0.15) is 11.4 Å². The van der Waals surface area contributed by atoms with Crippen molar-refractivity contribution in [3.63, 3.8) is 0 Å². The normalized spacial score (nSPS) is 13.8. The first-order chi connectivity index (χ1) is 15.3. The Morgan fingerprint density at radius 1 is 1.03 bits per heavy atom.